The van der Waals surface area contributed by atoms with Gasteiger partial charge in [0.05, 0.1) is 10.7 Å². The summed E-state index contributed by atoms with van der Waals surface area (Å²) in [6, 6.07) is 19.3. The van der Waals surface area contributed by atoms with Crippen LogP contribution in [0.25, 0.3) is 0 Å². The Labute approximate surface area is 233 Å². The van der Waals surface area contributed by atoms with Crippen molar-refractivity contribution in [3.8, 4) is 0 Å². The van der Waals surface area contributed by atoms with E-state index in [2.05, 4.69) is 15.6 Å². The van der Waals surface area contributed by atoms with Crippen molar-refractivity contribution in [2.75, 3.05) is 0 Å². The highest BCUT2D eigenvalue weighted by Gasteiger charge is 2.52. The van der Waals surface area contributed by atoms with Gasteiger partial charge in [0.2, 0.25) is 0 Å². The molecule has 1 aromatic heterocycles. The predicted octanol–water partition coefficient (Wildman–Crippen LogP) is 7.60. The van der Waals surface area contributed by atoms with E-state index in [1.165, 1.54) is 37.6 Å². The SMILES string of the molecule is CC(F)(F)c1cccc(C(Cc2ccccc2)(NC(=O)NC23CC4CC(CC(C4)C2)C3)c2ccc(Cl)cn2)c1. The summed E-state index contributed by atoms with van der Waals surface area (Å²) in [7, 11) is 0. The summed E-state index contributed by atoms with van der Waals surface area (Å²) < 4.78 is 29.0. The molecule has 39 heavy (non-hydrogen) atoms. The van der Waals surface area contributed by atoms with Gasteiger partial charge >= 0.3 is 6.03 Å². The van der Waals surface area contributed by atoms with Crippen molar-refractivity contribution < 1.29 is 13.6 Å². The molecule has 4 nitrogen and oxygen atoms in total. The first-order valence-electron chi connectivity index (χ1n) is 13.9. The van der Waals surface area contributed by atoms with Crippen molar-refractivity contribution in [3.05, 3.63) is 100 Å². The molecule has 0 saturated heterocycles. The molecule has 7 heteroatoms. The lowest BCUT2D eigenvalue weighted by atomic mass is 9.53. The number of rotatable bonds is 7. The fourth-order valence-corrected chi connectivity index (χ4v) is 7.95. The Kier molecular flexibility index (Phi) is 6.65. The molecule has 0 radical (unpaired) electrons. The average Bonchev–Trinajstić information content (AvgIpc) is 2.88. The van der Waals surface area contributed by atoms with Crippen LogP contribution in [0.4, 0.5) is 13.6 Å². The van der Waals surface area contributed by atoms with E-state index >= 15 is 0 Å². The molecular formula is C32H34ClF2N3O. The number of halogens is 3. The minimum absolute atomic E-state index is 0.116. The number of hydrogen-bond acceptors (Lipinski definition) is 2. The van der Waals surface area contributed by atoms with Crippen LogP contribution in [0.3, 0.4) is 0 Å². The molecule has 2 amide bonds. The third-order valence-corrected chi connectivity index (χ3v) is 9.31. The summed E-state index contributed by atoms with van der Waals surface area (Å²) >= 11 is 6.20. The molecule has 0 aliphatic heterocycles. The number of aromatic nitrogens is 1. The molecule has 4 fully saturated rings. The van der Waals surface area contributed by atoms with Crippen LogP contribution >= 0.6 is 11.6 Å². The number of hydrogen-bond donors (Lipinski definition) is 2. The number of alkyl halides is 2. The highest BCUT2D eigenvalue weighted by atomic mass is 35.5. The summed E-state index contributed by atoms with van der Waals surface area (Å²) in [5.74, 6) is -1.02. The van der Waals surface area contributed by atoms with Crippen molar-refractivity contribution in [2.24, 2.45) is 17.8 Å². The number of pyridine rings is 1. The topological polar surface area (TPSA) is 54.0 Å². The number of carbonyl (C=O) groups excluding carboxylic acids is 1. The van der Waals surface area contributed by atoms with Crippen molar-refractivity contribution in [2.45, 2.75) is 68.9 Å². The molecule has 7 rings (SSSR count). The Bertz CT molecular complexity index is 1310. The first kappa shape index (κ1) is 26.2. The molecule has 1 heterocycles. The standard InChI is InChI=1S/C32H34ClF2N3O/c1-30(34,35)25-8-5-9-26(15-25)32(19-21-6-3-2-4-7-21,28-11-10-27(33)20-36-28)38-29(39)37-31-16-22-12-23(17-31)14-24(13-22)18-31/h2-11,15,20,22-24H,12-14,16-19H2,1H3,(H2,37,38,39). The zero-order valence-electron chi connectivity index (χ0n) is 22.1. The third-order valence-electron chi connectivity index (χ3n) is 9.08. The fourth-order valence-electron chi connectivity index (χ4n) is 7.84. The van der Waals surface area contributed by atoms with Gasteiger partial charge < -0.3 is 10.6 Å². The van der Waals surface area contributed by atoms with Crippen LogP contribution in [0.15, 0.2) is 72.9 Å². The number of nitrogens with zero attached hydrogens (tertiary/aromatic N) is 1. The summed E-state index contributed by atoms with van der Waals surface area (Å²) in [5.41, 5.74) is 0.490. The molecule has 2 aromatic carbocycles. The quantitative estimate of drug-likeness (QED) is 0.319. The van der Waals surface area contributed by atoms with Gasteiger partial charge in [-0.15, -0.1) is 0 Å². The minimum atomic E-state index is -3.04. The normalized spacial score (nSPS) is 27.1. The van der Waals surface area contributed by atoms with E-state index in [-0.39, 0.29) is 17.1 Å². The molecule has 4 bridgehead atoms. The molecule has 3 aromatic rings. The Morgan fingerprint density at radius 1 is 0.949 bits per heavy atom. The van der Waals surface area contributed by atoms with Gasteiger partial charge in [0.25, 0.3) is 5.92 Å². The molecular weight excluding hydrogens is 516 g/mol. The van der Waals surface area contributed by atoms with Gasteiger partial charge in [-0.2, -0.15) is 0 Å². The van der Waals surface area contributed by atoms with Gasteiger partial charge in [-0.1, -0.05) is 60.1 Å². The van der Waals surface area contributed by atoms with E-state index in [1.807, 2.05) is 30.3 Å². The molecule has 204 valence electrons. The minimum Gasteiger partial charge on any atom is -0.333 e. The van der Waals surface area contributed by atoms with E-state index < -0.39 is 11.5 Å². The van der Waals surface area contributed by atoms with Gasteiger partial charge in [-0.25, -0.2) is 13.6 Å². The molecule has 4 aliphatic rings. The summed E-state index contributed by atoms with van der Waals surface area (Å²) in [6.07, 6.45) is 8.70. The van der Waals surface area contributed by atoms with Crippen LogP contribution in [0.5, 0.6) is 0 Å². The first-order chi connectivity index (χ1) is 18.6. The summed E-state index contributed by atoms with van der Waals surface area (Å²) in [6.45, 7) is 0.888. The third kappa shape index (κ3) is 5.28. The monoisotopic (exact) mass is 549 g/mol. The van der Waals surface area contributed by atoms with Crippen LogP contribution in [0.2, 0.25) is 5.02 Å². The maximum absolute atomic E-state index is 14.5. The van der Waals surface area contributed by atoms with Gasteiger partial charge in [0, 0.05) is 30.6 Å². The lowest BCUT2D eigenvalue weighted by Gasteiger charge is -2.57. The second-order valence-electron chi connectivity index (χ2n) is 12.2. The van der Waals surface area contributed by atoms with Crippen LogP contribution in [0.1, 0.15) is 67.8 Å². The number of urea groups is 1. The second-order valence-corrected chi connectivity index (χ2v) is 12.6. The van der Waals surface area contributed by atoms with Crippen molar-refractivity contribution in [3.63, 3.8) is 0 Å². The van der Waals surface area contributed by atoms with Crippen LogP contribution in [-0.2, 0) is 17.9 Å². The zero-order chi connectivity index (χ0) is 27.3. The van der Waals surface area contributed by atoms with Gasteiger partial charge in [0.15, 0.2) is 0 Å². The Morgan fingerprint density at radius 3 is 2.18 bits per heavy atom. The van der Waals surface area contributed by atoms with Gasteiger partial charge in [-0.3, -0.25) is 4.98 Å². The van der Waals surface area contributed by atoms with Crippen LogP contribution in [-0.4, -0.2) is 16.6 Å². The molecule has 2 N–H and O–H groups in total. The van der Waals surface area contributed by atoms with Crippen molar-refractivity contribution in [1.82, 2.24) is 15.6 Å². The molecule has 1 unspecified atom stereocenters. The zero-order valence-corrected chi connectivity index (χ0v) is 22.9. The Balaban J connectivity index is 1.43. The average molecular weight is 550 g/mol. The lowest BCUT2D eigenvalue weighted by Crippen LogP contribution is -2.63. The second kappa shape index (κ2) is 9.88. The molecule has 1 atom stereocenters. The molecule has 0 spiro atoms. The van der Waals surface area contributed by atoms with E-state index in [1.54, 1.807) is 24.3 Å². The smallest absolute Gasteiger partial charge is 0.316 e. The van der Waals surface area contributed by atoms with E-state index in [4.69, 9.17) is 11.6 Å². The van der Waals surface area contributed by atoms with Gasteiger partial charge in [0.1, 0.15) is 5.54 Å². The first-order valence-corrected chi connectivity index (χ1v) is 14.3. The predicted molar refractivity (Wildman–Crippen MR) is 149 cm³/mol. The molecule has 4 saturated carbocycles. The Morgan fingerprint density at radius 2 is 1.59 bits per heavy atom. The van der Waals surface area contributed by atoms with Crippen LogP contribution in [0, 0.1) is 17.8 Å². The van der Waals surface area contributed by atoms with E-state index in [9.17, 15) is 13.6 Å². The highest BCUT2D eigenvalue weighted by molar-refractivity contribution is 6.30. The number of amides is 2. The van der Waals surface area contributed by atoms with Crippen LogP contribution < -0.4 is 10.6 Å². The van der Waals surface area contributed by atoms with E-state index in [0.29, 0.717) is 40.5 Å². The summed E-state index contributed by atoms with van der Waals surface area (Å²) in [4.78, 5) is 18.6. The highest BCUT2D eigenvalue weighted by Crippen LogP contribution is 2.55. The van der Waals surface area contributed by atoms with Crippen molar-refractivity contribution >= 4 is 17.6 Å². The van der Waals surface area contributed by atoms with Crippen molar-refractivity contribution in [1.29, 1.82) is 0 Å². The van der Waals surface area contributed by atoms with Gasteiger partial charge in [-0.05, 0) is 85.6 Å². The number of carbonyl (C=O) groups is 1. The maximum Gasteiger partial charge on any atom is 0.316 e. The largest absolute Gasteiger partial charge is 0.333 e. The van der Waals surface area contributed by atoms with E-state index in [0.717, 1.165) is 31.7 Å². The number of nitrogens with one attached hydrogen (secondary N) is 2. The lowest BCUT2D eigenvalue weighted by molar-refractivity contribution is -0.0138. The molecule has 4 aliphatic carbocycles. The Hall–Kier alpha value is -2.99. The summed E-state index contributed by atoms with van der Waals surface area (Å²) in [5, 5.41) is 7.15. The maximum atomic E-state index is 14.5. The number of benzene rings is 2. The fraction of sp³-hybridized carbons (Fsp3) is 0.438.